The number of sulfonamides is 1. The van der Waals surface area contributed by atoms with Crippen LogP contribution in [0.15, 0.2) is 53.4 Å². The highest BCUT2D eigenvalue weighted by Crippen LogP contribution is 2.22. The van der Waals surface area contributed by atoms with Crippen molar-refractivity contribution in [2.24, 2.45) is 0 Å². The zero-order valence-electron chi connectivity index (χ0n) is 14.6. The first kappa shape index (κ1) is 18.2. The molecule has 2 N–H and O–H groups in total. The molecule has 1 heterocycles. The topological polar surface area (TPSA) is 85.2 Å². The Labute approximate surface area is 154 Å². The quantitative estimate of drug-likeness (QED) is 0.763. The van der Waals surface area contributed by atoms with Gasteiger partial charge in [-0.1, -0.05) is 36.4 Å². The largest absolute Gasteiger partial charge is 0.381 e. The molecule has 7 heteroatoms. The normalized spacial score (nSPS) is 17.1. The molecule has 0 saturated carbocycles. The molecule has 0 spiro atoms. The van der Waals surface area contributed by atoms with E-state index in [9.17, 15) is 8.42 Å². The van der Waals surface area contributed by atoms with E-state index >= 15 is 0 Å². The van der Waals surface area contributed by atoms with Crippen LogP contribution in [0.2, 0.25) is 0 Å². The van der Waals surface area contributed by atoms with Crippen LogP contribution in [0.1, 0.15) is 17.5 Å². The fourth-order valence-electron chi connectivity index (χ4n) is 3.03. The lowest BCUT2D eigenvalue weighted by Crippen LogP contribution is -2.36. The molecule has 3 rings (SSSR count). The number of aryl methyl sites for hydroxylation is 1. The van der Waals surface area contributed by atoms with E-state index in [-0.39, 0.29) is 10.9 Å². The summed E-state index contributed by atoms with van der Waals surface area (Å²) >= 11 is 0. The Morgan fingerprint density at radius 3 is 2.69 bits per heavy atom. The predicted molar refractivity (Wildman–Crippen MR) is 101 cm³/mol. The number of nitriles is 1. The van der Waals surface area contributed by atoms with Crippen molar-refractivity contribution in [1.82, 2.24) is 9.62 Å². The maximum absolute atomic E-state index is 12.8. The molecule has 0 bridgehead atoms. The highest BCUT2D eigenvalue weighted by molar-refractivity contribution is 7.89. The maximum Gasteiger partial charge on any atom is 0.241 e. The number of nitrogens with zero attached hydrogens (tertiary/aromatic N) is 2. The Morgan fingerprint density at radius 2 is 2.00 bits per heavy atom. The molecule has 1 aliphatic rings. The Morgan fingerprint density at radius 1 is 1.23 bits per heavy atom. The Hall–Kier alpha value is -2.56. The molecule has 136 valence electrons. The maximum atomic E-state index is 12.8. The van der Waals surface area contributed by atoms with Crippen LogP contribution in [0, 0.1) is 18.4 Å². The molecule has 1 saturated heterocycles. The number of hydrogen-bond donors (Lipinski definition) is 2. The van der Waals surface area contributed by atoms with E-state index in [2.05, 4.69) is 16.2 Å². The highest BCUT2D eigenvalue weighted by Gasteiger charge is 2.27. The van der Waals surface area contributed by atoms with E-state index in [1.54, 1.807) is 24.0 Å². The number of anilines is 1. The highest BCUT2D eigenvalue weighted by atomic mass is 32.2. The second kappa shape index (κ2) is 7.77. The van der Waals surface area contributed by atoms with E-state index in [1.807, 2.05) is 36.4 Å². The van der Waals surface area contributed by atoms with Gasteiger partial charge in [-0.25, -0.2) is 13.1 Å². The monoisotopic (exact) mass is 370 g/mol. The minimum Gasteiger partial charge on any atom is -0.381 e. The molecular weight excluding hydrogens is 348 g/mol. The molecule has 26 heavy (non-hydrogen) atoms. The Bertz CT molecular complexity index is 907. The van der Waals surface area contributed by atoms with E-state index in [0.717, 1.165) is 11.3 Å². The van der Waals surface area contributed by atoms with Crippen LogP contribution < -0.4 is 10.0 Å². The molecular formula is C19H22N4O2S. The summed E-state index contributed by atoms with van der Waals surface area (Å²) in [5.74, 6) is 0. The first-order chi connectivity index (χ1) is 12.5. The average Bonchev–Trinajstić information content (AvgIpc) is 3.08. The van der Waals surface area contributed by atoms with Crippen LogP contribution in [-0.2, 0) is 16.6 Å². The summed E-state index contributed by atoms with van der Waals surface area (Å²) in [5.41, 5.74) is 2.57. The summed E-state index contributed by atoms with van der Waals surface area (Å²) in [6.07, 6.45) is 2.70. The molecule has 1 fully saturated rings. The molecule has 1 atom stereocenters. The lowest BCUT2D eigenvalue weighted by Gasteiger charge is -2.16. The van der Waals surface area contributed by atoms with Gasteiger partial charge in [0.05, 0.1) is 4.90 Å². The van der Waals surface area contributed by atoms with Crippen molar-refractivity contribution in [1.29, 1.82) is 5.26 Å². The van der Waals surface area contributed by atoms with Crippen molar-refractivity contribution in [3.05, 3.63) is 59.7 Å². The van der Waals surface area contributed by atoms with Crippen LogP contribution in [0.4, 0.5) is 5.69 Å². The molecule has 2 aromatic rings. The van der Waals surface area contributed by atoms with Crippen LogP contribution in [0.5, 0.6) is 0 Å². The zero-order valence-corrected chi connectivity index (χ0v) is 15.5. The predicted octanol–water partition coefficient (Wildman–Crippen LogP) is 2.44. The lowest BCUT2D eigenvalue weighted by molar-refractivity contribution is 0.470. The lowest BCUT2D eigenvalue weighted by atomic mass is 10.2. The van der Waals surface area contributed by atoms with Gasteiger partial charge in [-0.3, -0.25) is 0 Å². The summed E-state index contributed by atoms with van der Waals surface area (Å²) < 4.78 is 28.3. The van der Waals surface area contributed by atoms with Gasteiger partial charge in [-0.15, -0.1) is 0 Å². The number of likely N-dealkylation sites (tertiary alicyclic amines) is 1. The van der Waals surface area contributed by atoms with Gasteiger partial charge in [-0.2, -0.15) is 5.26 Å². The van der Waals surface area contributed by atoms with Crippen molar-refractivity contribution in [3.8, 4) is 6.19 Å². The second-order valence-corrected chi connectivity index (χ2v) is 8.15. The van der Waals surface area contributed by atoms with Crippen LogP contribution >= 0.6 is 0 Å². The molecule has 0 radical (unpaired) electrons. The van der Waals surface area contributed by atoms with E-state index < -0.39 is 10.0 Å². The molecule has 6 nitrogen and oxygen atoms in total. The van der Waals surface area contributed by atoms with E-state index in [0.29, 0.717) is 31.6 Å². The first-order valence-electron chi connectivity index (χ1n) is 8.53. The summed E-state index contributed by atoms with van der Waals surface area (Å²) in [6, 6.07) is 15.0. The van der Waals surface area contributed by atoms with Gasteiger partial charge >= 0.3 is 0 Å². The molecule has 0 aromatic heterocycles. The van der Waals surface area contributed by atoms with E-state index in [1.165, 1.54) is 0 Å². The molecule has 1 aliphatic heterocycles. The molecule has 0 aliphatic carbocycles. The minimum absolute atomic E-state index is 0.236. The van der Waals surface area contributed by atoms with Crippen LogP contribution in [0.3, 0.4) is 0 Å². The Kier molecular flexibility index (Phi) is 5.45. The van der Waals surface area contributed by atoms with Crippen molar-refractivity contribution in [2.75, 3.05) is 18.4 Å². The van der Waals surface area contributed by atoms with Gasteiger partial charge in [0.2, 0.25) is 10.0 Å². The summed E-state index contributed by atoms with van der Waals surface area (Å²) in [7, 11) is -3.64. The fraction of sp³-hybridized carbons (Fsp3) is 0.316. The van der Waals surface area contributed by atoms with Crippen LogP contribution in [-0.4, -0.2) is 32.4 Å². The third-order valence-electron chi connectivity index (χ3n) is 4.47. The summed E-state index contributed by atoms with van der Waals surface area (Å²) in [4.78, 5) is 1.84. The molecule has 0 amide bonds. The zero-order chi connectivity index (χ0) is 18.6. The average molecular weight is 370 g/mol. The third kappa shape index (κ3) is 4.34. The number of benzene rings is 2. The van der Waals surface area contributed by atoms with Crippen molar-refractivity contribution < 1.29 is 8.42 Å². The van der Waals surface area contributed by atoms with Crippen LogP contribution in [0.25, 0.3) is 0 Å². The van der Waals surface area contributed by atoms with Gasteiger partial charge in [-0.05, 0) is 36.6 Å². The minimum atomic E-state index is -3.64. The van der Waals surface area contributed by atoms with Gasteiger partial charge in [0.25, 0.3) is 0 Å². The number of nitrogens with one attached hydrogen (secondary N) is 2. The van der Waals surface area contributed by atoms with Gasteiger partial charge in [0, 0.05) is 31.4 Å². The summed E-state index contributed by atoms with van der Waals surface area (Å²) in [6.45, 7) is 3.41. The number of rotatable bonds is 6. The summed E-state index contributed by atoms with van der Waals surface area (Å²) in [5, 5.41) is 12.2. The SMILES string of the molecule is Cc1ccc(NCc2ccccc2)cc1S(=O)(=O)N[C@@H]1CCN(C#N)C1. The number of hydrogen-bond acceptors (Lipinski definition) is 5. The smallest absolute Gasteiger partial charge is 0.241 e. The Balaban J connectivity index is 1.73. The second-order valence-electron chi connectivity index (χ2n) is 6.47. The van der Waals surface area contributed by atoms with Crippen molar-refractivity contribution in [2.45, 2.75) is 30.8 Å². The third-order valence-corrected chi connectivity index (χ3v) is 6.13. The van der Waals surface area contributed by atoms with E-state index in [4.69, 9.17) is 5.26 Å². The van der Waals surface area contributed by atoms with Crippen molar-refractivity contribution in [3.63, 3.8) is 0 Å². The van der Waals surface area contributed by atoms with Gasteiger partial charge < -0.3 is 10.2 Å². The molecule has 2 aromatic carbocycles. The van der Waals surface area contributed by atoms with Gasteiger partial charge in [0.15, 0.2) is 6.19 Å². The van der Waals surface area contributed by atoms with Gasteiger partial charge in [0.1, 0.15) is 0 Å². The standard InChI is InChI=1S/C19H22N4O2S/c1-15-7-8-17(21-12-16-5-3-2-4-6-16)11-19(15)26(24,25)22-18-9-10-23(13-18)14-20/h2-8,11,18,21-22H,9-10,12-13H2,1H3/t18-/m1/s1. The fourth-order valence-corrected chi connectivity index (χ4v) is 4.56. The molecule has 0 unspecified atom stereocenters. The van der Waals surface area contributed by atoms with Crippen molar-refractivity contribution >= 4 is 15.7 Å². The first-order valence-corrected chi connectivity index (χ1v) is 10.0.